The third kappa shape index (κ3) is 2.76. The maximum absolute atomic E-state index is 9.82. The zero-order valence-corrected chi connectivity index (χ0v) is 11.6. The zero-order chi connectivity index (χ0) is 14.0. The number of aliphatic hydroxyl groups is 1. The first kappa shape index (κ1) is 13.5. The van der Waals surface area contributed by atoms with Gasteiger partial charge in [0.15, 0.2) is 0 Å². The summed E-state index contributed by atoms with van der Waals surface area (Å²) in [6.07, 6.45) is 0.851. The van der Waals surface area contributed by atoms with Gasteiger partial charge in [0.2, 0.25) is 11.8 Å². The number of nitrogens with zero attached hydrogens (tertiary/aromatic N) is 2. The fraction of sp³-hybridized carbons (Fsp3) is 0.429. The second-order valence-electron chi connectivity index (χ2n) is 4.85. The Kier molecular flexibility index (Phi) is 3.57. The fourth-order valence-corrected chi connectivity index (χ4v) is 1.78. The van der Waals surface area contributed by atoms with Crippen LogP contribution in [0.5, 0.6) is 5.75 Å². The van der Waals surface area contributed by atoms with Crippen molar-refractivity contribution < 1.29 is 14.3 Å². The number of hydrogen-bond donors (Lipinski definition) is 1. The molecule has 0 amide bonds. The molecule has 0 atom stereocenters. The lowest BCUT2D eigenvalue weighted by Crippen LogP contribution is -2.15. The highest BCUT2D eigenvalue weighted by atomic mass is 16.5. The van der Waals surface area contributed by atoms with Crippen molar-refractivity contribution in [2.45, 2.75) is 32.8 Å². The zero-order valence-electron chi connectivity index (χ0n) is 11.6. The van der Waals surface area contributed by atoms with E-state index in [9.17, 15) is 5.11 Å². The molecule has 2 rings (SSSR count). The first-order chi connectivity index (χ1) is 8.95. The summed E-state index contributed by atoms with van der Waals surface area (Å²) in [4.78, 5) is 0. The topological polar surface area (TPSA) is 68.4 Å². The number of aryl methyl sites for hydroxylation is 1. The molecule has 0 aliphatic heterocycles. The molecule has 102 valence electrons. The molecule has 0 saturated heterocycles. The Labute approximate surface area is 112 Å². The Morgan fingerprint density at radius 1 is 1.32 bits per heavy atom. The van der Waals surface area contributed by atoms with E-state index in [-0.39, 0.29) is 5.89 Å². The molecule has 0 saturated carbocycles. The Hall–Kier alpha value is -1.88. The second-order valence-corrected chi connectivity index (χ2v) is 4.85. The highest BCUT2D eigenvalue weighted by molar-refractivity contribution is 5.57. The van der Waals surface area contributed by atoms with Crippen LogP contribution in [0.25, 0.3) is 11.5 Å². The Morgan fingerprint density at radius 2 is 2.05 bits per heavy atom. The lowest BCUT2D eigenvalue weighted by atomic mass is 10.1. The molecule has 1 heterocycles. The summed E-state index contributed by atoms with van der Waals surface area (Å²) in [5.41, 5.74) is 0.759. The van der Waals surface area contributed by atoms with E-state index in [4.69, 9.17) is 9.15 Å². The molecule has 0 radical (unpaired) electrons. The van der Waals surface area contributed by atoms with E-state index in [1.165, 1.54) is 0 Å². The largest absolute Gasteiger partial charge is 0.496 e. The molecule has 0 fully saturated rings. The van der Waals surface area contributed by atoms with Crippen LogP contribution in [0.2, 0.25) is 0 Å². The van der Waals surface area contributed by atoms with E-state index in [1.807, 2.05) is 18.2 Å². The van der Waals surface area contributed by atoms with Gasteiger partial charge in [0, 0.05) is 5.56 Å². The minimum Gasteiger partial charge on any atom is -0.496 e. The summed E-state index contributed by atoms with van der Waals surface area (Å²) in [6.45, 7) is 5.27. The van der Waals surface area contributed by atoms with Crippen molar-refractivity contribution in [3.05, 3.63) is 29.7 Å². The molecule has 2 aromatic rings. The molecule has 1 aromatic heterocycles. The highest BCUT2D eigenvalue weighted by Gasteiger charge is 2.24. The number of benzene rings is 1. The van der Waals surface area contributed by atoms with Gasteiger partial charge >= 0.3 is 0 Å². The van der Waals surface area contributed by atoms with E-state index in [0.717, 1.165) is 23.3 Å². The highest BCUT2D eigenvalue weighted by Crippen LogP contribution is 2.28. The van der Waals surface area contributed by atoms with Gasteiger partial charge in [0.25, 0.3) is 0 Å². The molecule has 5 heteroatoms. The van der Waals surface area contributed by atoms with Gasteiger partial charge in [0.1, 0.15) is 11.4 Å². The minimum atomic E-state index is -1.13. The van der Waals surface area contributed by atoms with Gasteiger partial charge in [0.05, 0.1) is 7.11 Å². The third-order valence-electron chi connectivity index (χ3n) is 2.86. The number of methoxy groups -OCH3 is 1. The molecule has 1 N–H and O–H groups in total. The molecule has 0 aliphatic rings. The minimum absolute atomic E-state index is 0.205. The van der Waals surface area contributed by atoms with Crippen molar-refractivity contribution >= 4 is 0 Å². The van der Waals surface area contributed by atoms with Gasteiger partial charge in [-0.25, -0.2) is 0 Å². The number of ether oxygens (including phenoxy) is 1. The molecule has 0 spiro atoms. The van der Waals surface area contributed by atoms with E-state index in [1.54, 1.807) is 21.0 Å². The van der Waals surface area contributed by atoms with Crippen LogP contribution in [0.1, 0.15) is 32.2 Å². The second kappa shape index (κ2) is 5.01. The molecule has 1 aromatic carbocycles. The Bertz CT molecular complexity index is 570. The van der Waals surface area contributed by atoms with Gasteiger partial charge in [-0.2, -0.15) is 0 Å². The summed E-state index contributed by atoms with van der Waals surface area (Å²) in [7, 11) is 1.65. The maximum Gasteiger partial charge on any atom is 0.247 e. The number of rotatable bonds is 4. The Balaban J connectivity index is 2.39. The molecule has 0 aliphatic carbocycles. The summed E-state index contributed by atoms with van der Waals surface area (Å²) in [5.74, 6) is 1.44. The summed E-state index contributed by atoms with van der Waals surface area (Å²) < 4.78 is 10.8. The van der Waals surface area contributed by atoms with Crippen LogP contribution in [0.15, 0.2) is 22.6 Å². The van der Waals surface area contributed by atoms with Crippen LogP contribution < -0.4 is 4.74 Å². The summed E-state index contributed by atoms with van der Waals surface area (Å²) in [6, 6.07) is 5.70. The average molecular weight is 262 g/mol. The molecular formula is C14H18N2O3. The van der Waals surface area contributed by atoms with Crippen LogP contribution >= 0.6 is 0 Å². The lowest BCUT2D eigenvalue weighted by Gasteiger charge is -2.10. The first-order valence-electron chi connectivity index (χ1n) is 6.19. The number of aromatic nitrogens is 2. The van der Waals surface area contributed by atoms with Gasteiger partial charge < -0.3 is 14.3 Å². The lowest BCUT2D eigenvalue weighted by molar-refractivity contribution is 0.0488. The third-order valence-corrected chi connectivity index (χ3v) is 2.86. The van der Waals surface area contributed by atoms with Gasteiger partial charge in [-0.1, -0.05) is 6.92 Å². The van der Waals surface area contributed by atoms with E-state index in [0.29, 0.717) is 5.89 Å². The van der Waals surface area contributed by atoms with E-state index < -0.39 is 5.60 Å². The van der Waals surface area contributed by atoms with Crippen molar-refractivity contribution in [1.29, 1.82) is 0 Å². The van der Waals surface area contributed by atoms with E-state index >= 15 is 0 Å². The normalized spacial score (nSPS) is 11.6. The molecule has 0 unspecified atom stereocenters. The first-order valence-corrected chi connectivity index (χ1v) is 6.19. The Morgan fingerprint density at radius 3 is 2.58 bits per heavy atom. The average Bonchev–Trinajstić information content (AvgIpc) is 2.87. The SMILES string of the molecule is CCc1cc(-c2nnc(C(C)(C)O)o2)ccc1OC. The van der Waals surface area contributed by atoms with Gasteiger partial charge in [-0.3, -0.25) is 0 Å². The van der Waals surface area contributed by atoms with Crippen molar-refractivity contribution in [1.82, 2.24) is 10.2 Å². The summed E-state index contributed by atoms with van der Waals surface area (Å²) in [5, 5.41) is 17.6. The van der Waals surface area contributed by atoms with Gasteiger partial charge in [-0.05, 0) is 44.0 Å². The van der Waals surface area contributed by atoms with Crippen LogP contribution in [-0.4, -0.2) is 22.4 Å². The molecular weight excluding hydrogens is 244 g/mol. The van der Waals surface area contributed by atoms with Gasteiger partial charge in [-0.15, -0.1) is 10.2 Å². The van der Waals surface area contributed by atoms with Crippen molar-refractivity contribution in [3.8, 4) is 17.2 Å². The van der Waals surface area contributed by atoms with Crippen LogP contribution in [0.3, 0.4) is 0 Å². The quantitative estimate of drug-likeness (QED) is 0.917. The smallest absolute Gasteiger partial charge is 0.247 e. The fourth-order valence-electron chi connectivity index (χ4n) is 1.78. The molecule has 19 heavy (non-hydrogen) atoms. The molecule has 5 nitrogen and oxygen atoms in total. The number of hydrogen-bond acceptors (Lipinski definition) is 5. The predicted octanol–water partition coefficient (Wildman–Crippen LogP) is 2.54. The van der Waals surface area contributed by atoms with E-state index in [2.05, 4.69) is 17.1 Å². The monoisotopic (exact) mass is 262 g/mol. The maximum atomic E-state index is 9.82. The van der Waals surface area contributed by atoms with Crippen LogP contribution in [0.4, 0.5) is 0 Å². The molecule has 0 bridgehead atoms. The van der Waals surface area contributed by atoms with Crippen molar-refractivity contribution in [2.75, 3.05) is 7.11 Å². The van der Waals surface area contributed by atoms with Crippen molar-refractivity contribution in [2.24, 2.45) is 0 Å². The standard InChI is InChI=1S/C14H18N2O3/c1-5-9-8-10(6-7-11(9)18-4)12-15-16-13(19-12)14(2,3)17/h6-8,17H,5H2,1-4H3. The van der Waals surface area contributed by atoms with Crippen LogP contribution in [-0.2, 0) is 12.0 Å². The van der Waals surface area contributed by atoms with Crippen molar-refractivity contribution in [3.63, 3.8) is 0 Å². The predicted molar refractivity (Wildman–Crippen MR) is 70.9 cm³/mol. The summed E-state index contributed by atoms with van der Waals surface area (Å²) >= 11 is 0. The van der Waals surface area contributed by atoms with Crippen LogP contribution in [0, 0.1) is 0 Å².